The van der Waals surface area contributed by atoms with Crippen LogP contribution in [0.2, 0.25) is 0 Å². The number of hydrogen-bond acceptors (Lipinski definition) is 6. The predicted molar refractivity (Wildman–Crippen MR) is 446 cm³/mol. The second-order valence-electron chi connectivity index (χ2n) is 26.9. The summed E-state index contributed by atoms with van der Waals surface area (Å²) >= 11 is 0. The third-order valence-electron chi connectivity index (χ3n) is 20.3. The Labute approximate surface area is 629 Å². The van der Waals surface area contributed by atoms with E-state index in [-0.39, 0.29) is 0 Å². The Bertz CT molecular complexity index is 5530. The first-order chi connectivity index (χ1) is 53.5. The molecule has 0 aliphatic rings. The molecule has 0 amide bonds. The van der Waals surface area contributed by atoms with Gasteiger partial charge in [0.05, 0.1) is 22.8 Å². The van der Waals surface area contributed by atoms with E-state index in [1.807, 2.05) is 85.7 Å². The summed E-state index contributed by atoms with van der Waals surface area (Å²) in [6.07, 6.45) is 11.3. The zero-order chi connectivity index (χ0) is 72.0. The van der Waals surface area contributed by atoms with E-state index < -0.39 is 0 Å². The van der Waals surface area contributed by atoms with Crippen molar-refractivity contribution in [3.8, 4) is 190 Å². The molecule has 0 saturated carbocycles. The fraction of sp³-hybridized carbons (Fsp3) is 0. The van der Waals surface area contributed by atoms with Gasteiger partial charge < -0.3 is 0 Å². The van der Waals surface area contributed by atoms with Gasteiger partial charge in [0, 0.05) is 70.6 Å². The van der Waals surface area contributed by atoms with E-state index >= 15 is 0 Å². The molecular formula is C102H68N6. The largest absolute Gasteiger partial charge is 0.256 e. The normalized spacial score (nSPS) is 11.1. The van der Waals surface area contributed by atoms with Crippen molar-refractivity contribution in [3.05, 3.63) is 413 Å². The van der Waals surface area contributed by atoms with E-state index in [4.69, 9.17) is 9.97 Å². The van der Waals surface area contributed by atoms with Crippen molar-refractivity contribution in [1.29, 1.82) is 0 Å². The summed E-state index contributed by atoms with van der Waals surface area (Å²) in [5, 5.41) is 0. The molecule has 18 rings (SSSR count). The van der Waals surface area contributed by atoms with Crippen molar-refractivity contribution in [2.24, 2.45) is 0 Å². The van der Waals surface area contributed by atoms with Gasteiger partial charge in [0.2, 0.25) is 0 Å². The second-order valence-corrected chi connectivity index (χ2v) is 26.9. The zero-order valence-corrected chi connectivity index (χ0v) is 58.9. The van der Waals surface area contributed by atoms with Crippen molar-refractivity contribution in [1.82, 2.24) is 29.9 Å². The van der Waals surface area contributed by atoms with Gasteiger partial charge in [-0.2, -0.15) is 0 Å². The summed E-state index contributed by atoms with van der Waals surface area (Å²) in [4.78, 5) is 28.9. The van der Waals surface area contributed by atoms with E-state index in [0.717, 1.165) is 184 Å². The Balaban J connectivity index is 0.690. The van der Waals surface area contributed by atoms with Crippen molar-refractivity contribution < 1.29 is 0 Å². The lowest BCUT2D eigenvalue weighted by molar-refractivity contribution is 1.18. The fourth-order valence-corrected chi connectivity index (χ4v) is 14.9. The third-order valence-corrected chi connectivity index (χ3v) is 20.3. The number of pyridine rings is 4. The minimum atomic E-state index is 0.641. The van der Waals surface area contributed by atoms with Crippen molar-refractivity contribution in [3.63, 3.8) is 0 Å². The maximum atomic E-state index is 5.15. The average molecular weight is 1380 g/mol. The smallest absolute Gasteiger partial charge is 0.159 e. The SMILES string of the molecule is c1ccc(-c2ccc(-c3ccccc3-c3cc(-c4ccccc4-c4ccc(-c5ccccn5)cc4)cc(-c4ccccc4-c4ccc(-c5ncc(-c6ccccc6-c6cc(-c7ccccc7-c7ccc(-c8ccccn8)cc7)cc(-c7ccccc7-c7ccc(-c8ccccn8)cc7)c6)cn5)cc4)c3)cc2)nc1. The van der Waals surface area contributed by atoms with E-state index in [9.17, 15) is 0 Å². The highest BCUT2D eigenvalue weighted by Crippen LogP contribution is 2.46. The van der Waals surface area contributed by atoms with Crippen LogP contribution in [0.3, 0.4) is 0 Å². The maximum absolute atomic E-state index is 5.15. The molecule has 0 spiro atoms. The van der Waals surface area contributed by atoms with Crippen LogP contribution in [0.4, 0.5) is 0 Å². The minimum absolute atomic E-state index is 0.641. The Morgan fingerprint density at radius 2 is 0.287 bits per heavy atom. The second kappa shape index (κ2) is 29.7. The van der Waals surface area contributed by atoms with Gasteiger partial charge in [-0.15, -0.1) is 0 Å². The molecule has 0 fully saturated rings. The number of rotatable bonds is 17. The number of benzene rings is 13. The molecule has 0 radical (unpaired) electrons. The molecular weight excluding hydrogens is 1310 g/mol. The highest BCUT2D eigenvalue weighted by molar-refractivity contribution is 5.97. The molecule has 108 heavy (non-hydrogen) atoms. The van der Waals surface area contributed by atoms with Gasteiger partial charge in [-0.25, -0.2) is 9.97 Å². The molecule has 18 aromatic rings. The summed E-state index contributed by atoms with van der Waals surface area (Å²) in [6, 6.07) is 134. The molecule has 0 bridgehead atoms. The van der Waals surface area contributed by atoms with Gasteiger partial charge in [0.15, 0.2) is 5.82 Å². The monoisotopic (exact) mass is 1380 g/mol. The van der Waals surface area contributed by atoms with Crippen LogP contribution >= 0.6 is 0 Å². The van der Waals surface area contributed by atoms with E-state index in [1.54, 1.807) is 0 Å². The van der Waals surface area contributed by atoms with Gasteiger partial charge in [-0.3, -0.25) is 19.9 Å². The molecule has 13 aromatic carbocycles. The van der Waals surface area contributed by atoms with Crippen LogP contribution < -0.4 is 0 Å². The standard InChI is InChI=1S/C102H68N6/c1-6-26-91(86(21-1)69-37-47-74(48-38-69)98-33-13-17-57-103-98)79-61-80(92-27-7-2-22-87(92)70-39-49-75(50-40-70)99-34-14-18-58-104-99)63-81(62-79)95-30-10-5-25-90(95)73-45-55-78(56-46-73)102-107-67-85(68-108-102)97-32-12-11-31-96(97)84-65-82(93-28-8-3-23-88(93)71-41-51-76(52-42-71)100-35-15-19-59-105-100)64-83(66-84)94-29-9-4-24-89(94)72-43-53-77(54-44-72)101-36-16-20-60-106-101/h1-68H. The summed E-state index contributed by atoms with van der Waals surface area (Å²) in [7, 11) is 0. The molecule has 0 aliphatic carbocycles. The molecule has 5 aromatic heterocycles. The van der Waals surface area contributed by atoms with Crippen LogP contribution in [-0.4, -0.2) is 29.9 Å². The molecule has 0 saturated heterocycles. The number of aromatic nitrogens is 6. The zero-order valence-electron chi connectivity index (χ0n) is 58.9. The highest BCUT2D eigenvalue weighted by atomic mass is 14.9. The van der Waals surface area contributed by atoms with E-state index in [2.05, 4.69) is 348 Å². The van der Waals surface area contributed by atoms with Gasteiger partial charge in [0.25, 0.3) is 0 Å². The summed E-state index contributed by atoms with van der Waals surface area (Å²) in [6.45, 7) is 0. The van der Waals surface area contributed by atoms with Gasteiger partial charge in [0.1, 0.15) is 0 Å². The summed E-state index contributed by atoms with van der Waals surface area (Å²) < 4.78 is 0. The van der Waals surface area contributed by atoms with Crippen molar-refractivity contribution >= 4 is 0 Å². The van der Waals surface area contributed by atoms with Crippen LogP contribution in [0.15, 0.2) is 413 Å². The van der Waals surface area contributed by atoms with Crippen LogP contribution in [-0.2, 0) is 0 Å². The summed E-state index contributed by atoms with van der Waals surface area (Å²) in [5.74, 6) is 0.641. The molecule has 0 N–H and O–H groups in total. The molecule has 0 atom stereocenters. The number of hydrogen-bond donors (Lipinski definition) is 0. The first-order valence-corrected chi connectivity index (χ1v) is 36.4. The van der Waals surface area contributed by atoms with Crippen LogP contribution in [0, 0.1) is 0 Å². The Kier molecular flexibility index (Phi) is 18.0. The molecule has 5 heterocycles. The predicted octanol–water partition coefficient (Wildman–Crippen LogP) is 26.4. The van der Waals surface area contributed by atoms with Crippen LogP contribution in [0.1, 0.15) is 0 Å². The highest BCUT2D eigenvalue weighted by Gasteiger charge is 2.21. The quantitative estimate of drug-likeness (QED) is 0.0904. The lowest BCUT2D eigenvalue weighted by Gasteiger charge is -2.18. The number of nitrogens with zero attached hydrogens (tertiary/aromatic N) is 6. The Hall–Kier alpha value is -14.5. The van der Waals surface area contributed by atoms with Crippen molar-refractivity contribution in [2.45, 2.75) is 0 Å². The minimum Gasteiger partial charge on any atom is -0.256 e. The molecule has 0 aliphatic heterocycles. The van der Waals surface area contributed by atoms with Gasteiger partial charge in [-0.05, 0) is 213 Å². The molecule has 0 unspecified atom stereocenters. The molecule has 6 nitrogen and oxygen atoms in total. The van der Waals surface area contributed by atoms with E-state index in [1.165, 1.54) is 0 Å². The third kappa shape index (κ3) is 13.5. The van der Waals surface area contributed by atoms with Gasteiger partial charge in [-0.1, -0.05) is 291 Å². The lowest BCUT2D eigenvalue weighted by Crippen LogP contribution is -1.94. The topological polar surface area (TPSA) is 77.3 Å². The lowest BCUT2D eigenvalue weighted by atomic mass is 9.86. The van der Waals surface area contributed by atoms with E-state index in [0.29, 0.717) is 5.82 Å². The first kappa shape index (κ1) is 65.6. The first-order valence-electron chi connectivity index (χ1n) is 36.4. The van der Waals surface area contributed by atoms with Gasteiger partial charge >= 0.3 is 0 Å². The Morgan fingerprint density at radius 3 is 0.481 bits per heavy atom. The molecule has 506 valence electrons. The average Bonchev–Trinajstić information content (AvgIpc) is 0.772. The maximum Gasteiger partial charge on any atom is 0.159 e. The van der Waals surface area contributed by atoms with Crippen LogP contribution in [0.5, 0.6) is 0 Å². The van der Waals surface area contributed by atoms with Crippen molar-refractivity contribution in [2.75, 3.05) is 0 Å². The summed E-state index contributed by atoms with van der Waals surface area (Å²) in [5.41, 5.74) is 35.5. The van der Waals surface area contributed by atoms with Crippen LogP contribution in [0.25, 0.3) is 190 Å². The molecule has 6 heteroatoms. The fourth-order valence-electron chi connectivity index (χ4n) is 14.9. The Morgan fingerprint density at radius 1 is 0.120 bits per heavy atom.